The van der Waals surface area contributed by atoms with Crippen LogP contribution in [0.5, 0.6) is 0 Å². The molecule has 1 heterocycles. The number of likely N-dealkylation sites (tertiary alicyclic amines) is 1. The van der Waals surface area contributed by atoms with E-state index in [1.807, 2.05) is 24.3 Å². The quantitative estimate of drug-likeness (QED) is 0.778. The van der Waals surface area contributed by atoms with Crippen LogP contribution in [0.2, 0.25) is 0 Å². The van der Waals surface area contributed by atoms with E-state index in [1.165, 1.54) is 12.8 Å². The molecule has 4 nitrogen and oxygen atoms in total. The number of benzene rings is 1. The van der Waals surface area contributed by atoms with Gasteiger partial charge in [-0.1, -0.05) is 25.1 Å². The Bertz CT molecular complexity index is 447. The Balaban J connectivity index is 1.72. The zero-order chi connectivity index (χ0) is 14.4. The van der Waals surface area contributed by atoms with E-state index in [9.17, 15) is 4.79 Å². The first kappa shape index (κ1) is 14.9. The normalized spacial score (nSPS) is 19.1. The monoisotopic (exact) mass is 275 g/mol. The molecule has 1 aromatic rings. The molecule has 1 aliphatic rings. The molecule has 1 aromatic carbocycles. The van der Waals surface area contributed by atoms with Crippen molar-refractivity contribution < 1.29 is 4.79 Å². The van der Waals surface area contributed by atoms with Crippen LogP contribution in [0.15, 0.2) is 24.3 Å². The molecule has 0 radical (unpaired) electrons. The lowest BCUT2D eigenvalue weighted by molar-refractivity contribution is -0.121. The summed E-state index contributed by atoms with van der Waals surface area (Å²) in [5.41, 5.74) is 7.70. The molecule has 1 fully saturated rings. The van der Waals surface area contributed by atoms with Crippen LogP contribution in [-0.2, 0) is 11.2 Å². The number of nitrogen functional groups attached to an aromatic ring is 1. The smallest absolute Gasteiger partial charge is 0.220 e. The number of aryl methyl sites for hydroxylation is 1. The summed E-state index contributed by atoms with van der Waals surface area (Å²) in [4.78, 5) is 14.3. The van der Waals surface area contributed by atoms with E-state index in [-0.39, 0.29) is 5.91 Å². The highest BCUT2D eigenvalue weighted by atomic mass is 16.1. The van der Waals surface area contributed by atoms with Crippen molar-refractivity contribution >= 4 is 11.6 Å². The minimum absolute atomic E-state index is 0.121. The van der Waals surface area contributed by atoms with Crippen LogP contribution in [0.4, 0.5) is 5.69 Å². The predicted octanol–water partition coefficient (Wildman–Crippen LogP) is 1.80. The standard InChI is InChI=1S/C16H25N3O/c1-2-19-11-5-7-14(19)12-18-16(20)10-9-13-6-3-4-8-15(13)17/h3-4,6,8,14H,2,5,7,9-12,17H2,1H3,(H,18,20). The molecule has 2 rings (SSSR count). The Hall–Kier alpha value is -1.55. The molecule has 0 bridgehead atoms. The van der Waals surface area contributed by atoms with Gasteiger partial charge >= 0.3 is 0 Å². The Labute approximate surface area is 121 Å². The second-order valence-corrected chi connectivity index (χ2v) is 5.43. The van der Waals surface area contributed by atoms with Gasteiger partial charge in [-0.2, -0.15) is 0 Å². The fourth-order valence-corrected chi connectivity index (χ4v) is 2.87. The van der Waals surface area contributed by atoms with Gasteiger partial charge in [-0.3, -0.25) is 9.69 Å². The van der Waals surface area contributed by atoms with Crippen LogP contribution in [0, 0.1) is 0 Å². The fourth-order valence-electron chi connectivity index (χ4n) is 2.87. The van der Waals surface area contributed by atoms with Gasteiger partial charge < -0.3 is 11.1 Å². The SMILES string of the molecule is CCN1CCCC1CNC(=O)CCc1ccccc1N. The molecule has 1 amide bonds. The van der Waals surface area contributed by atoms with Crippen molar-refractivity contribution in [2.75, 3.05) is 25.4 Å². The van der Waals surface area contributed by atoms with E-state index in [4.69, 9.17) is 5.73 Å². The minimum atomic E-state index is 0.121. The van der Waals surface area contributed by atoms with Crippen LogP contribution in [0.25, 0.3) is 0 Å². The van der Waals surface area contributed by atoms with Crippen molar-refractivity contribution in [1.29, 1.82) is 0 Å². The molecule has 20 heavy (non-hydrogen) atoms. The molecule has 4 heteroatoms. The van der Waals surface area contributed by atoms with Gasteiger partial charge in [-0.05, 0) is 44.0 Å². The summed E-state index contributed by atoms with van der Waals surface area (Å²) in [7, 11) is 0. The van der Waals surface area contributed by atoms with E-state index < -0.39 is 0 Å². The molecule has 0 saturated carbocycles. The summed E-state index contributed by atoms with van der Waals surface area (Å²) < 4.78 is 0. The van der Waals surface area contributed by atoms with E-state index in [0.29, 0.717) is 18.9 Å². The molecule has 3 N–H and O–H groups in total. The Morgan fingerprint density at radius 2 is 2.25 bits per heavy atom. The molecule has 1 atom stereocenters. The maximum atomic E-state index is 11.9. The van der Waals surface area contributed by atoms with E-state index >= 15 is 0 Å². The van der Waals surface area contributed by atoms with Crippen molar-refractivity contribution in [3.63, 3.8) is 0 Å². The highest BCUT2D eigenvalue weighted by Crippen LogP contribution is 2.16. The average molecular weight is 275 g/mol. The summed E-state index contributed by atoms with van der Waals surface area (Å²) in [5.74, 6) is 0.121. The van der Waals surface area contributed by atoms with Gasteiger partial charge in [0, 0.05) is 24.7 Å². The van der Waals surface area contributed by atoms with Crippen LogP contribution in [0.1, 0.15) is 31.7 Å². The molecule has 1 saturated heterocycles. The van der Waals surface area contributed by atoms with Gasteiger partial charge in [0.05, 0.1) is 0 Å². The third-order valence-electron chi connectivity index (χ3n) is 4.12. The number of nitrogens with zero attached hydrogens (tertiary/aromatic N) is 1. The summed E-state index contributed by atoms with van der Waals surface area (Å²) >= 11 is 0. The first-order valence-corrected chi connectivity index (χ1v) is 7.55. The molecule has 0 spiro atoms. The lowest BCUT2D eigenvalue weighted by Crippen LogP contribution is -2.40. The number of nitrogens with one attached hydrogen (secondary N) is 1. The highest BCUT2D eigenvalue weighted by Gasteiger charge is 2.22. The molecule has 1 aliphatic heterocycles. The molecule has 1 unspecified atom stereocenters. The van der Waals surface area contributed by atoms with Gasteiger partial charge in [-0.25, -0.2) is 0 Å². The number of hydrogen-bond acceptors (Lipinski definition) is 3. The average Bonchev–Trinajstić information content (AvgIpc) is 2.91. The van der Waals surface area contributed by atoms with Crippen LogP contribution >= 0.6 is 0 Å². The first-order chi connectivity index (χ1) is 9.70. The Morgan fingerprint density at radius 3 is 3.00 bits per heavy atom. The molecular formula is C16H25N3O. The van der Waals surface area contributed by atoms with E-state index in [2.05, 4.69) is 17.1 Å². The number of likely N-dealkylation sites (N-methyl/N-ethyl adjacent to an activating group) is 1. The van der Waals surface area contributed by atoms with Gasteiger partial charge in [0.2, 0.25) is 5.91 Å². The van der Waals surface area contributed by atoms with Gasteiger partial charge in [0.1, 0.15) is 0 Å². The predicted molar refractivity (Wildman–Crippen MR) is 82.5 cm³/mol. The summed E-state index contributed by atoms with van der Waals surface area (Å²) in [5, 5.41) is 3.06. The Kier molecular flexibility index (Phi) is 5.41. The van der Waals surface area contributed by atoms with Crippen molar-refractivity contribution in [3.05, 3.63) is 29.8 Å². The largest absolute Gasteiger partial charge is 0.399 e. The van der Waals surface area contributed by atoms with Gasteiger partial charge in [0.15, 0.2) is 0 Å². The number of hydrogen-bond donors (Lipinski definition) is 2. The van der Waals surface area contributed by atoms with Crippen molar-refractivity contribution in [2.24, 2.45) is 0 Å². The van der Waals surface area contributed by atoms with Gasteiger partial charge in [0.25, 0.3) is 0 Å². The maximum Gasteiger partial charge on any atom is 0.220 e. The number of carbonyl (C=O) groups excluding carboxylic acids is 1. The fraction of sp³-hybridized carbons (Fsp3) is 0.562. The summed E-state index contributed by atoms with van der Waals surface area (Å²) in [6, 6.07) is 8.26. The van der Waals surface area contributed by atoms with E-state index in [0.717, 1.165) is 30.9 Å². The third-order valence-corrected chi connectivity index (χ3v) is 4.12. The second-order valence-electron chi connectivity index (χ2n) is 5.43. The molecule has 0 aromatic heterocycles. The van der Waals surface area contributed by atoms with Crippen LogP contribution in [0.3, 0.4) is 0 Å². The summed E-state index contributed by atoms with van der Waals surface area (Å²) in [6.07, 6.45) is 3.66. The van der Waals surface area contributed by atoms with Crippen molar-refractivity contribution in [2.45, 2.75) is 38.6 Å². The van der Waals surface area contributed by atoms with Crippen LogP contribution in [-0.4, -0.2) is 36.5 Å². The number of anilines is 1. The summed E-state index contributed by atoms with van der Waals surface area (Å²) in [6.45, 7) is 5.19. The maximum absolute atomic E-state index is 11.9. The number of carbonyl (C=O) groups is 1. The first-order valence-electron chi connectivity index (χ1n) is 7.55. The second kappa shape index (κ2) is 7.29. The van der Waals surface area contributed by atoms with Crippen molar-refractivity contribution in [1.82, 2.24) is 10.2 Å². The molecule has 110 valence electrons. The number of amides is 1. The number of nitrogens with two attached hydrogens (primary N) is 1. The lowest BCUT2D eigenvalue weighted by atomic mass is 10.1. The topological polar surface area (TPSA) is 58.4 Å². The Morgan fingerprint density at radius 1 is 1.45 bits per heavy atom. The zero-order valence-corrected chi connectivity index (χ0v) is 12.3. The lowest BCUT2D eigenvalue weighted by Gasteiger charge is -2.22. The zero-order valence-electron chi connectivity index (χ0n) is 12.3. The van der Waals surface area contributed by atoms with E-state index in [1.54, 1.807) is 0 Å². The van der Waals surface area contributed by atoms with Crippen LogP contribution < -0.4 is 11.1 Å². The molecular weight excluding hydrogens is 250 g/mol. The third kappa shape index (κ3) is 3.97. The minimum Gasteiger partial charge on any atom is -0.399 e. The van der Waals surface area contributed by atoms with Gasteiger partial charge in [-0.15, -0.1) is 0 Å². The van der Waals surface area contributed by atoms with Crippen molar-refractivity contribution in [3.8, 4) is 0 Å². The highest BCUT2D eigenvalue weighted by molar-refractivity contribution is 5.76. The number of rotatable bonds is 6. The molecule has 0 aliphatic carbocycles. The number of para-hydroxylation sites is 1.